The first-order valence-electron chi connectivity index (χ1n) is 3.32. The molecule has 0 aromatic heterocycles. The first-order valence-corrected chi connectivity index (χ1v) is 4.85. The maximum absolute atomic E-state index is 10.9. The van der Waals surface area contributed by atoms with Gasteiger partial charge in [0, 0.05) is 0 Å². The number of aliphatic hydroxyl groups is 1. The molecule has 0 fully saturated rings. The maximum Gasteiger partial charge on any atom is 0.469 e. The summed E-state index contributed by atoms with van der Waals surface area (Å²) in [6.07, 6.45) is -1.58. The Balaban J connectivity index is 4.03. The van der Waals surface area contributed by atoms with Crippen LogP contribution in [0.3, 0.4) is 0 Å². The number of rotatable bonds is 5. The van der Waals surface area contributed by atoms with Gasteiger partial charge in [-0.25, -0.2) is 4.57 Å². The summed E-state index contributed by atoms with van der Waals surface area (Å²) in [6.45, 7) is 3.90. The van der Waals surface area contributed by atoms with Gasteiger partial charge in [-0.15, -0.1) is 0 Å². The average molecular weight is 210 g/mol. The number of carbonyl (C=O) groups is 1. The molecule has 1 unspecified atom stereocenters. The molecule has 0 aliphatic rings. The van der Waals surface area contributed by atoms with Crippen LogP contribution in [0.25, 0.3) is 0 Å². The van der Waals surface area contributed by atoms with Crippen LogP contribution in [0.4, 0.5) is 0 Å². The van der Waals surface area contributed by atoms with Crippen LogP contribution < -0.4 is 0 Å². The number of carbonyl (C=O) groups excluding carboxylic acids is 1. The first kappa shape index (κ1) is 12.5. The molecule has 0 saturated carbocycles. The number of Topliss-reactive ketones (excluding diaryl/α,β-unsaturated/α-hetero) is 1. The van der Waals surface area contributed by atoms with Crippen molar-refractivity contribution in [3.8, 4) is 0 Å². The second kappa shape index (κ2) is 4.64. The first-order chi connectivity index (χ1) is 5.74. The summed E-state index contributed by atoms with van der Waals surface area (Å²) < 4.78 is 14.1. The van der Waals surface area contributed by atoms with Crippen LogP contribution >= 0.6 is 7.82 Å². The van der Waals surface area contributed by atoms with Crippen molar-refractivity contribution in [1.82, 2.24) is 0 Å². The predicted molar refractivity (Wildman–Crippen MR) is 43.8 cm³/mol. The van der Waals surface area contributed by atoms with Crippen molar-refractivity contribution in [3.05, 3.63) is 12.2 Å². The largest absolute Gasteiger partial charge is 0.469 e. The van der Waals surface area contributed by atoms with E-state index in [1.54, 1.807) is 0 Å². The molecule has 0 amide bonds. The minimum atomic E-state index is -4.63. The Hall–Kier alpha value is -0.520. The van der Waals surface area contributed by atoms with E-state index in [4.69, 9.17) is 14.9 Å². The Kier molecular flexibility index (Phi) is 4.46. The van der Waals surface area contributed by atoms with Crippen molar-refractivity contribution in [3.63, 3.8) is 0 Å². The molecule has 0 saturated heterocycles. The highest BCUT2D eigenvalue weighted by molar-refractivity contribution is 7.46. The lowest BCUT2D eigenvalue weighted by Crippen LogP contribution is -2.25. The Morgan fingerprint density at radius 2 is 2.08 bits per heavy atom. The lowest BCUT2D eigenvalue weighted by atomic mass is 10.1. The van der Waals surface area contributed by atoms with Gasteiger partial charge in [0.25, 0.3) is 0 Å². The van der Waals surface area contributed by atoms with Crippen LogP contribution in [0.2, 0.25) is 0 Å². The molecular formula is C6H11O6P. The Labute approximate surface area is 75.1 Å². The van der Waals surface area contributed by atoms with Crippen LogP contribution in [0.5, 0.6) is 0 Å². The fourth-order valence-corrected chi connectivity index (χ4v) is 0.863. The van der Waals surface area contributed by atoms with Gasteiger partial charge in [-0.1, -0.05) is 6.58 Å². The highest BCUT2D eigenvalue weighted by Gasteiger charge is 2.21. The van der Waals surface area contributed by atoms with Gasteiger partial charge in [0.2, 0.25) is 0 Å². The van der Waals surface area contributed by atoms with Crippen LogP contribution in [-0.4, -0.2) is 33.4 Å². The summed E-state index contributed by atoms with van der Waals surface area (Å²) in [7, 11) is -4.63. The molecule has 3 N–H and O–H groups in total. The summed E-state index contributed by atoms with van der Waals surface area (Å²) in [4.78, 5) is 27.3. The fraction of sp³-hybridized carbons (Fsp3) is 0.500. The lowest BCUT2D eigenvalue weighted by Gasteiger charge is -2.10. The Bertz CT molecular complexity index is 254. The van der Waals surface area contributed by atoms with Gasteiger partial charge in [-0.2, -0.15) is 0 Å². The molecular weight excluding hydrogens is 199 g/mol. The van der Waals surface area contributed by atoms with Crippen molar-refractivity contribution >= 4 is 13.6 Å². The van der Waals surface area contributed by atoms with Crippen molar-refractivity contribution in [2.75, 3.05) is 6.61 Å². The molecule has 76 valence electrons. The topological polar surface area (TPSA) is 104 Å². The molecule has 0 heterocycles. The zero-order valence-electron chi connectivity index (χ0n) is 7.01. The van der Waals surface area contributed by atoms with E-state index in [0.29, 0.717) is 0 Å². The van der Waals surface area contributed by atoms with Gasteiger partial charge in [-0.05, 0) is 12.5 Å². The minimum absolute atomic E-state index is 0.0989. The zero-order valence-corrected chi connectivity index (χ0v) is 7.90. The van der Waals surface area contributed by atoms with Crippen LogP contribution in [0.1, 0.15) is 6.92 Å². The van der Waals surface area contributed by atoms with E-state index >= 15 is 0 Å². The third kappa shape index (κ3) is 5.68. The van der Waals surface area contributed by atoms with Gasteiger partial charge >= 0.3 is 7.82 Å². The normalized spacial score (nSPS) is 13.8. The zero-order chi connectivity index (χ0) is 10.6. The van der Waals surface area contributed by atoms with Gasteiger partial charge in [0.15, 0.2) is 5.78 Å². The Morgan fingerprint density at radius 3 is 2.38 bits per heavy atom. The maximum atomic E-state index is 10.9. The average Bonchev–Trinajstić information content (AvgIpc) is 1.97. The summed E-state index contributed by atoms with van der Waals surface area (Å²) in [5, 5.41) is 8.97. The molecule has 0 aliphatic carbocycles. The molecule has 0 aliphatic heterocycles. The fourth-order valence-electron chi connectivity index (χ4n) is 0.528. The van der Waals surface area contributed by atoms with Crippen LogP contribution in [0, 0.1) is 0 Å². The molecule has 7 heteroatoms. The smallest absolute Gasteiger partial charge is 0.382 e. The molecule has 13 heavy (non-hydrogen) atoms. The van der Waals surface area contributed by atoms with Gasteiger partial charge in [-0.3, -0.25) is 9.32 Å². The third-order valence-electron chi connectivity index (χ3n) is 1.12. The van der Waals surface area contributed by atoms with E-state index in [0.717, 1.165) is 0 Å². The molecule has 0 aromatic carbocycles. The van der Waals surface area contributed by atoms with E-state index in [1.807, 2.05) is 0 Å². The monoisotopic (exact) mass is 210 g/mol. The molecule has 0 aromatic rings. The standard InChI is InChI=1S/C6H11O6P/c1-4(2)6(8)5(7)3-12-13(9,10)11/h5,7H,1,3H2,2H3,(H2,9,10,11). The summed E-state index contributed by atoms with van der Waals surface area (Å²) >= 11 is 0. The highest BCUT2D eigenvalue weighted by atomic mass is 31.2. The third-order valence-corrected chi connectivity index (χ3v) is 1.61. The van der Waals surface area contributed by atoms with Gasteiger partial charge in [0.05, 0.1) is 6.61 Å². The second-order valence-electron chi connectivity index (χ2n) is 2.45. The predicted octanol–water partition coefficient (Wildman–Crippen LogP) is -0.398. The number of phosphoric ester groups is 1. The molecule has 0 bridgehead atoms. The van der Waals surface area contributed by atoms with E-state index in [9.17, 15) is 9.36 Å². The lowest BCUT2D eigenvalue weighted by molar-refractivity contribution is -0.124. The number of hydrogen-bond donors (Lipinski definition) is 3. The molecule has 6 nitrogen and oxygen atoms in total. The number of hydrogen-bond acceptors (Lipinski definition) is 4. The van der Waals surface area contributed by atoms with Crippen LogP contribution in [0.15, 0.2) is 12.2 Å². The van der Waals surface area contributed by atoms with Crippen LogP contribution in [-0.2, 0) is 13.9 Å². The van der Waals surface area contributed by atoms with Crippen molar-refractivity contribution < 1.29 is 28.8 Å². The molecule has 0 radical (unpaired) electrons. The minimum Gasteiger partial charge on any atom is -0.382 e. The van der Waals surface area contributed by atoms with Crippen molar-refractivity contribution in [1.29, 1.82) is 0 Å². The summed E-state index contributed by atoms with van der Waals surface area (Å²) in [5.41, 5.74) is 0.0989. The summed E-state index contributed by atoms with van der Waals surface area (Å²) in [6, 6.07) is 0. The van der Waals surface area contributed by atoms with E-state index in [1.165, 1.54) is 6.92 Å². The molecule has 0 spiro atoms. The quantitative estimate of drug-likeness (QED) is 0.421. The number of aliphatic hydroxyl groups excluding tert-OH is 1. The second-order valence-corrected chi connectivity index (χ2v) is 3.69. The molecule has 0 rings (SSSR count). The van der Waals surface area contributed by atoms with Gasteiger partial charge < -0.3 is 14.9 Å². The number of phosphoric acid groups is 1. The SMILES string of the molecule is C=C(C)C(=O)C(O)COP(=O)(O)O. The Morgan fingerprint density at radius 1 is 1.62 bits per heavy atom. The van der Waals surface area contributed by atoms with Crippen molar-refractivity contribution in [2.24, 2.45) is 0 Å². The van der Waals surface area contributed by atoms with Gasteiger partial charge in [0.1, 0.15) is 6.10 Å². The number of ketones is 1. The van der Waals surface area contributed by atoms with E-state index in [-0.39, 0.29) is 5.57 Å². The molecule has 1 atom stereocenters. The summed E-state index contributed by atoms with van der Waals surface area (Å²) in [5.74, 6) is -0.701. The van der Waals surface area contributed by atoms with E-state index < -0.39 is 26.3 Å². The highest BCUT2D eigenvalue weighted by Crippen LogP contribution is 2.35. The van der Waals surface area contributed by atoms with Crippen molar-refractivity contribution in [2.45, 2.75) is 13.0 Å². The van der Waals surface area contributed by atoms with E-state index in [2.05, 4.69) is 11.1 Å².